The summed E-state index contributed by atoms with van der Waals surface area (Å²) < 4.78 is 10.5. The largest absolute Gasteiger partial charge is 0.460 e. The van der Waals surface area contributed by atoms with Crippen molar-refractivity contribution in [2.75, 3.05) is 6.61 Å². The van der Waals surface area contributed by atoms with E-state index in [4.69, 9.17) is 20.8 Å². The SMILES string of the molecule is CCOC(=O)c1ccc(CSc2ncnc3scc(-c4ccc(Cl)cc4)c23)o1. The summed E-state index contributed by atoms with van der Waals surface area (Å²) in [5, 5.41) is 4.66. The van der Waals surface area contributed by atoms with Crippen LogP contribution >= 0.6 is 34.7 Å². The van der Waals surface area contributed by atoms with E-state index in [2.05, 4.69) is 15.3 Å². The Morgan fingerprint density at radius 2 is 2.04 bits per heavy atom. The number of hydrogen-bond donors (Lipinski definition) is 0. The maximum absolute atomic E-state index is 11.7. The molecule has 3 heterocycles. The van der Waals surface area contributed by atoms with Crippen LogP contribution in [0.4, 0.5) is 0 Å². The molecule has 0 saturated carbocycles. The summed E-state index contributed by atoms with van der Waals surface area (Å²) >= 11 is 9.14. The number of thioether (sulfide) groups is 1. The molecular weight excluding hydrogens is 416 g/mol. The van der Waals surface area contributed by atoms with Gasteiger partial charge in [0.1, 0.15) is 21.9 Å². The van der Waals surface area contributed by atoms with E-state index in [9.17, 15) is 4.79 Å². The van der Waals surface area contributed by atoms with Crippen LogP contribution in [0.2, 0.25) is 5.02 Å². The van der Waals surface area contributed by atoms with Crippen LogP contribution < -0.4 is 0 Å². The third-order valence-corrected chi connectivity index (χ3v) is 6.13. The van der Waals surface area contributed by atoms with Crippen LogP contribution in [0.1, 0.15) is 23.2 Å². The molecule has 0 atom stereocenters. The van der Waals surface area contributed by atoms with Gasteiger partial charge in [-0.1, -0.05) is 35.5 Å². The quantitative estimate of drug-likeness (QED) is 0.210. The Kier molecular flexibility index (Phi) is 5.66. The second kappa shape index (κ2) is 8.34. The topological polar surface area (TPSA) is 65.2 Å². The van der Waals surface area contributed by atoms with Crippen molar-refractivity contribution in [3.8, 4) is 11.1 Å². The average Bonchev–Trinajstić information content (AvgIpc) is 3.35. The Balaban J connectivity index is 1.60. The Morgan fingerprint density at radius 1 is 1.21 bits per heavy atom. The van der Waals surface area contributed by atoms with E-state index < -0.39 is 5.97 Å². The molecule has 4 aromatic rings. The van der Waals surface area contributed by atoms with Gasteiger partial charge in [-0.05, 0) is 36.8 Å². The number of carbonyl (C=O) groups excluding carboxylic acids is 1. The number of aromatic nitrogens is 2. The first-order chi connectivity index (χ1) is 13.7. The fourth-order valence-corrected chi connectivity index (χ4v) is 4.72. The predicted octanol–water partition coefficient (Wildman–Crippen LogP) is 6.07. The van der Waals surface area contributed by atoms with Gasteiger partial charge in [0.2, 0.25) is 5.76 Å². The average molecular weight is 431 g/mol. The minimum absolute atomic E-state index is 0.211. The molecule has 0 aliphatic carbocycles. The van der Waals surface area contributed by atoms with Gasteiger partial charge in [-0.25, -0.2) is 14.8 Å². The summed E-state index contributed by atoms with van der Waals surface area (Å²) in [4.78, 5) is 21.5. The number of carbonyl (C=O) groups is 1. The molecule has 0 aliphatic rings. The number of nitrogens with zero attached hydrogens (tertiary/aromatic N) is 2. The minimum Gasteiger partial charge on any atom is -0.460 e. The molecule has 4 rings (SSSR count). The number of halogens is 1. The highest BCUT2D eigenvalue weighted by molar-refractivity contribution is 7.98. The van der Waals surface area contributed by atoms with Gasteiger partial charge in [-0.2, -0.15) is 0 Å². The Labute approximate surface area is 174 Å². The van der Waals surface area contributed by atoms with Crippen LogP contribution in [0, 0.1) is 0 Å². The lowest BCUT2D eigenvalue weighted by molar-refractivity contribution is 0.0488. The third-order valence-electron chi connectivity index (χ3n) is 3.98. The highest BCUT2D eigenvalue weighted by Gasteiger charge is 2.16. The van der Waals surface area contributed by atoms with Crippen LogP contribution in [-0.2, 0) is 10.5 Å². The Morgan fingerprint density at radius 3 is 2.82 bits per heavy atom. The maximum atomic E-state index is 11.7. The highest BCUT2D eigenvalue weighted by atomic mass is 35.5. The molecule has 0 saturated heterocycles. The van der Waals surface area contributed by atoms with Crippen molar-refractivity contribution in [2.45, 2.75) is 17.7 Å². The zero-order valence-corrected chi connectivity index (χ0v) is 17.2. The van der Waals surface area contributed by atoms with Crippen molar-refractivity contribution in [3.05, 3.63) is 64.6 Å². The first-order valence-corrected chi connectivity index (χ1v) is 10.8. The number of furan rings is 1. The summed E-state index contributed by atoms with van der Waals surface area (Å²) in [7, 11) is 0. The number of hydrogen-bond acceptors (Lipinski definition) is 7. The second-order valence-corrected chi connectivity index (χ2v) is 8.05. The fraction of sp³-hybridized carbons (Fsp3) is 0.150. The Hall–Kier alpha value is -2.35. The molecule has 142 valence electrons. The van der Waals surface area contributed by atoms with E-state index in [0.29, 0.717) is 23.1 Å². The second-order valence-electron chi connectivity index (χ2n) is 5.79. The van der Waals surface area contributed by atoms with Crippen LogP contribution in [0.5, 0.6) is 0 Å². The molecule has 5 nitrogen and oxygen atoms in total. The minimum atomic E-state index is -0.453. The van der Waals surface area contributed by atoms with Gasteiger partial charge < -0.3 is 9.15 Å². The van der Waals surface area contributed by atoms with E-state index in [1.54, 1.807) is 48.5 Å². The van der Waals surface area contributed by atoms with Crippen molar-refractivity contribution in [1.29, 1.82) is 0 Å². The molecule has 0 radical (unpaired) electrons. The van der Waals surface area contributed by atoms with E-state index in [-0.39, 0.29) is 5.76 Å². The van der Waals surface area contributed by atoms with Crippen molar-refractivity contribution in [1.82, 2.24) is 9.97 Å². The Bertz CT molecular complexity index is 1120. The van der Waals surface area contributed by atoms with Gasteiger partial charge in [0.15, 0.2) is 0 Å². The number of rotatable bonds is 6. The predicted molar refractivity (Wildman–Crippen MR) is 112 cm³/mol. The van der Waals surface area contributed by atoms with Gasteiger partial charge in [0.05, 0.1) is 17.7 Å². The molecular formula is C20H15ClN2O3S2. The van der Waals surface area contributed by atoms with Gasteiger partial charge in [-0.15, -0.1) is 11.3 Å². The molecule has 0 unspecified atom stereocenters. The smallest absolute Gasteiger partial charge is 0.374 e. The van der Waals surface area contributed by atoms with Gasteiger partial charge in [0.25, 0.3) is 0 Å². The normalized spacial score (nSPS) is 11.1. The van der Waals surface area contributed by atoms with Crippen LogP contribution in [0.25, 0.3) is 21.3 Å². The first kappa shape index (κ1) is 19.0. The molecule has 0 spiro atoms. The molecule has 0 amide bonds. The molecule has 0 fully saturated rings. The maximum Gasteiger partial charge on any atom is 0.374 e. The monoisotopic (exact) mass is 430 g/mol. The van der Waals surface area contributed by atoms with Crippen molar-refractivity contribution >= 4 is 50.9 Å². The molecule has 0 aliphatic heterocycles. The number of fused-ring (bicyclic) bond motifs is 1. The van der Waals surface area contributed by atoms with Gasteiger partial charge in [0, 0.05) is 16.0 Å². The lowest BCUT2D eigenvalue weighted by Crippen LogP contribution is -2.02. The van der Waals surface area contributed by atoms with Crippen molar-refractivity contribution in [3.63, 3.8) is 0 Å². The van der Waals surface area contributed by atoms with Gasteiger partial charge in [-0.3, -0.25) is 0 Å². The molecule has 0 N–H and O–H groups in total. The summed E-state index contributed by atoms with van der Waals surface area (Å²) in [6.07, 6.45) is 1.57. The molecule has 1 aromatic carbocycles. The van der Waals surface area contributed by atoms with Crippen LogP contribution in [0.3, 0.4) is 0 Å². The van der Waals surface area contributed by atoms with E-state index in [1.165, 1.54) is 0 Å². The number of ether oxygens (including phenoxy) is 1. The molecule has 8 heteroatoms. The number of benzene rings is 1. The van der Waals surface area contributed by atoms with E-state index >= 15 is 0 Å². The third kappa shape index (κ3) is 3.92. The zero-order valence-electron chi connectivity index (χ0n) is 14.8. The summed E-state index contributed by atoms with van der Waals surface area (Å²) in [5.74, 6) is 0.985. The van der Waals surface area contributed by atoms with E-state index in [0.717, 1.165) is 26.4 Å². The summed E-state index contributed by atoms with van der Waals surface area (Å²) in [6, 6.07) is 11.1. The number of thiophene rings is 1. The van der Waals surface area contributed by atoms with E-state index in [1.807, 2.05) is 24.3 Å². The first-order valence-electron chi connectivity index (χ1n) is 8.52. The number of esters is 1. The molecule has 3 aromatic heterocycles. The standard InChI is InChI=1S/C20H15ClN2O3S2/c1-2-25-20(24)16-8-7-14(26-16)9-27-18-17-15(10-28-19(17)23-11-22-18)12-3-5-13(21)6-4-12/h3-8,10-11H,2,9H2,1H3. The molecule has 28 heavy (non-hydrogen) atoms. The van der Waals surface area contributed by atoms with Crippen LogP contribution in [0.15, 0.2) is 57.5 Å². The summed E-state index contributed by atoms with van der Waals surface area (Å²) in [6.45, 7) is 2.07. The highest BCUT2D eigenvalue weighted by Crippen LogP contribution is 2.39. The zero-order chi connectivity index (χ0) is 19.5. The van der Waals surface area contributed by atoms with Crippen LogP contribution in [-0.4, -0.2) is 22.5 Å². The summed E-state index contributed by atoms with van der Waals surface area (Å²) in [5.41, 5.74) is 2.14. The van der Waals surface area contributed by atoms with Gasteiger partial charge >= 0.3 is 5.97 Å². The molecule has 0 bridgehead atoms. The van der Waals surface area contributed by atoms with Crippen molar-refractivity contribution < 1.29 is 13.9 Å². The lowest BCUT2D eigenvalue weighted by Gasteiger charge is -2.05. The lowest BCUT2D eigenvalue weighted by atomic mass is 10.1. The van der Waals surface area contributed by atoms with Crippen molar-refractivity contribution in [2.24, 2.45) is 0 Å². The fourth-order valence-electron chi connectivity index (χ4n) is 2.71.